The molecular formula is C14H19ClN4O2. The Morgan fingerprint density at radius 3 is 2.76 bits per heavy atom. The lowest BCUT2D eigenvalue weighted by Gasteiger charge is -2.10. The second-order valence-corrected chi connectivity index (χ2v) is 5.02. The van der Waals surface area contributed by atoms with Crippen LogP contribution in [0.1, 0.15) is 12.3 Å². The molecule has 7 heteroatoms. The van der Waals surface area contributed by atoms with E-state index in [2.05, 4.69) is 15.0 Å². The van der Waals surface area contributed by atoms with Gasteiger partial charge < -0.3 is 15.0 Å². The number of rotatable bonds is 4. The Kier molecular flexibility index (Phi) is 5.17. The fourth-order valence-electron chi connectivity index (χ4n) is 2.37. The summed E-state index contributed by atoms with van der Waals surface area (Å²) < 4.78 is 10.4. The number of benzene rings is 1. The molecule has 21 heavy (non-hydrogen) atoms. The highest BCUT2D eigenvalue weighted by molar-refractivity contribution is 5.85. The summed E-state index contributed by atoms with van der Waals surface area (Å²) in [5, 5.41) is 4.02. The second-order valence-electron chi connectivity index (χ2n) is 5.02. The summed E-state index contributed by atoms with van der Waals surface area (Å²) in [6, 6.07) is 7.85. The molecule has 2 N–H and O–H groups in total. The molecule has 1 atom stereocenters. The first-order chi connectivity index (χ1) is 9.74. The number of ether oxygens (including phenoxy) is 1. The van der Waals surface area contributed by atoms with Crippen molar-refractivity contribution in [2.45, 2.75) is 19.0 Å². The lowest BCUT2D eigenvalue weighted by Crippen LogP contribution is -2.26. The number of likely N-dealkylation sites (tertiary alicyclic amines) is 1. The number of aromatic nitrogens is 2. The third kappa shape index (κ3) is 3.72. The van der Waals surface area contributed by atoms with Gasteiger partial charge in [0.1, 0.15) is 5.75 Å². The molecule has 2 heterocycles. The van der Waals surface area contributed by atoms with E-state index in [0.717, 1.165) is 30.8 Å². The largest absolute Gasteiger partial charge is 0.497 e. The topological polar surface area (TPSA) is 77.4 Å². The zero-order valence-electron chi connectivity index (χ0n) is 11.9. The lowest BCUT2D eigenvalue weighted by molar-refractivity contribution is 0.265. The van der Waals surface area contributed by atoms with Crippen LogP contribution in [0.3, 0.4) is 0 Å². The van der Waals surface area contributed by atoms with E-state index in [9.17, 15) is 0 Å². The first-order valence-corrected chi connectivity index (χ1v) is 6.69. The Balaban J connectivity index is 0.00000161. The van der Waals surface area contributed by atoms with E-state index in [4.69, 9.17) is 15.0 Å². The molecule has 1 saturated heterocycles. The molecule has 1 aliphatic rings. The molecule has 0 aliphatic carbocycles. The SMILES string of the molecule is COc1ccc(-c2noc(CN3CCC(N)C3)n2)cc1.Cl. The summed E-state index contributed by atoms with van der Waals surface area (Å²) >= 11 is 0. The normalized spacial score (nSPS) is 18.5. The summed E-state index contributed by atoms with van der Waals surface area (Å²) in [6.45, 7) is 2.54. The molecule has 1 aliphatic heterocycles. The van der Waals surface area contributed by atoms with Gasteiger partial charge in [0.25, 0.3) is 0 Å². The van der Waals surface area contributed by atoms with Gasteiger partial charge in [0, 0.05) is 24.7 Å². The van der Waals surface area contributed by atoms with Crippen LogP contribution in [0.4, 0.5) is 0 Å². The van der Waals surface area contributed by atoms with Gasteiger partial charge in [-0.25, -0.2) is 0 Å². The predicted octanol–water partition coefficient (Wildman–Crippen LogP) is 1.70. The summed E-state index contributed by atoms with van der Waals surface area (Å²) in [7, 11) is 1.64. The van der Waals surface area contributed by atoms with E-state index in [0.29, 0.717) is 18.3 Å². The molecule has 3 rings (SSSR count). The van der Waals surface area contributed by atoms with E-state index < -0.39 is 0 Å². The van der Waals surface area contributed by atoms with E-state index in [-0.39, 0.29) is 18.4 Å². The summed E-state index contributed by atoms with van der Waals surface area (Å²) in [4.78, 5) is 6.66. The van der Waals surface area contributed by atoms with Crippen LogP contribution in [-0.4, -0.2) is 41.3 Å². The van der Waals surface area contributed by atoms with Crippen LogP contribution in [0.15, 0.2) is 28.8 Å². The number of methoxy groups -OCH3 is 1. The van der Waals surface area contributed by atoms with Crippen LogP contribution in [0.25, 0.3) is 11.4 Å². The number of hydrogen-bond acceptors (Lipinski definition) is 6. The number of nitrogens with zero attached hydrogens (tertiary/aromatic N) is 3. The van der Waals surface area contributed by atoms with Crippen LogP contribution < -0.4 is 10.5 Å². The highest BCUT2D eigenvalue weighted by Crippen LogP contribution is 2.20. The van der Waals surface area contributed by atoms with Crippen LogP contribution in [0, 0.1) is 0 Å². The van der Waals surface area contributed by atoms with Gasteiger partial charge in [-0.05, 0) is 30.7 Å². The zero-order valence-corrected chi connectivity index (χ0v) is 12.7. The number of nitrogens with two attached hydrogens (primary N) is 1. The van der Waals surface area contributed by atoms with Gasteiger partial charge in [-0.3, -0.25) is 4.90 Å². The zero-order chi connectivity index (χ0) is 13.9. The van der Waals surface area contributed by atoms with Crippen molar-refractivity contribution in [3.05, 3.63) is 30.2 Å². The van der Waals surface area contributed by atoms with Gasteiger partial charge in [0.15, 0.2) is 0 Å². The molecule has 0 bridgehead atoms. The maximum atomic E-state index is 5.88. The smallest absolute Gasteiger partial charge is 0.241 e. The first-order valence-electron chi connectivity index (χ1n) is 6.69. The van der Waals surface area contributed by atoms with Gasteiger partial charge in [-0.2, -0.15) is 4.98 Å². The van der Waals surface area contributed by atoms with Crippen LogP contribution in [-0.2, 0) is 6.54 Å². The predicted molar refractivity (Wildman–Crippen MR) is 81.4 cm³/mol. The van der Waals surface area contributed by atoms with E-state index in [1.165, 1.54) is 0 Å². The molecule has 0 saturated carbocycles. The Labute approximate surface area is 129 Å². The quantitative estimate of drug-likeness (QED) is 0.926. The lowest BCUT2D eigenvalue weighted by atomic mass is 10.2. The summed E-state index contributed by atoms with van der Waals surface area (Å²) in [5.74, 6) is 2.04. The maximum Gasteiger partial charge on any atom is 0.241 e. The van der Waals surface area contributed by atoms with E-state index >= 15 is 0 Å². The standard InChI is InChI=1S/C14H18N4O2.ClH/c1-19-12-4-2-10(3-5-12)14-16-13(20-17-14)9-18-7-6-11(15)8-18;/h2-5,11H,6-9,15H2,1H3;1H. The van der Waals surface area contributed by atoms with Crippen molar-refractivity contribution in [2.24, 2.45) is 5.73 Å². The Morgan fingerprint density at radius 2 is 2.14 bits per heavy atom. The molecule has 1 unspecified atom stereocenters. The molecule has 0 amide bonds. The van der Waals surface area contributed by atoms with Crippen molar-refractivity contribution in [3.8, 4) is 17.1 Å². The third-order valence-corrected chi connectivity index (χ3v) is 3.48. The minimum atomic E-state index is 0. The second kappa shape index (κ2) is 6.89. The third-order valence-electron chi connectivity index (χ3n) is 3.48. The summed E-state index contributed by atoms with van der Waals surface area (Å²) in [5.41, 5.74) is 6.80. The first kappa shape index (κ1) is 15.8. The minimum Gasteiger partial charge on any atom is -0.497 e. The molecule has 114 valence electrons. The van der Waals surface area contributed by atoms with Gasteiger partial charge in [0.05, 0.1) is 13.7 Å². The monoisotopic (exact) mass is 310 g/mol. The fraction of sp³-hybridized carbons (Fsp3) is 0.429. The molecule has 6 nitrogen and oxygen atoms in total. The number of halogens is 1. The van der Waals surface area contributed by atoms with Crippen LogP contribution in [0.5, 0.6) is 5.75 Å². The molecule has 1 fully saturated rings. The summed E-state index contributed by atoms with van der Waals surface area (Å²) in [6.07, 6.45) is 1.03. The fourth-order valence-corrected chi connectivity index (χ4v) is 2.37. The molecule has 1 aromatic carbocycles. The van der Waals surface area contributed by atoms with Crippen molar-refractivity contribution in [1.29, 1.82) is 0 Å². The van der Waals surface area contributed by atoms with Crippen molar-refractivity contribution in [1.82, 2.24) is 15.0 Å². The number of hydrogen-bond donors (Lipinski definition) is 1. The van der Waals surface area contributed by atoms with E-state index in [1.54, 1.807) is 7.11 Å². The van der Waals surface area contributed by atoms with Crippen molar-refractivity contribution >= 4 is 12.4 Å². The molecule has 0 radical (unpaired) electrons. The Bertz CT molecular complexity index is 573. The minimum absolute atomic E-state index is 0. The molecule has 1 aromatic heterocycles. The van der Waals surface area contributed by atoms with Crippen molar-refractivity contribution < 1.29 is 9.26 Å². The average Bonchev–Trinajstić information content (AvgIpc) is 3.09. The highest BCUT2D eigenvalue weighted by atomic mass is 35.5. The highest BCUT2D eigenvalue weighted by Gasteiger charge is 2.21. The average molecular weight is 311 g/mol. The van der Waals surface area contributed by atoms with Crippen LogP contribution >= 0.6 is 12.4 Å². The van der Waals surface area contributed by atoms with Gasteiger partial charge in [0.2, 0.25) is 11.7 Å². The maximum absolute atomic E-state index is 5.88. The van der Waals surface area contributed by atoms with Crippen molar-refractivity contribution in [2.75, 3.05) is 20.2 Å². The molecule has 0 spiro atoms. The Morgan fingerprint density at radius 1 is 1.38 bits per heavy atom. The molecule has 2 aromatic rings. The Hall–Kier alpha value is -1.63. The molecular weight excluding hydrogens is 292 g/mol. The van der Waals surface area contributed by atoms with Crippen LogP contribution in [0.2, 0.25) is 0 Å². The van der Waals surface area contributed by atoms with Gasteiger partial charge >= 0.3 is 0 Å². The van der Waals surface area contributed by atoms with Gasteiger partial charge in [-0.1, -0.05) is 5.16 Å². The van der Waals surface area contributed by atoms with Gasteiger partial charge in [-0.15, -0.1) is 12.4 Å². The van der Waals surface area contributed by atoms with E-state index in [1.807, 2.05) is 24.3 Å². The van der Waals surface area contributed by atoms with Crippen molar-refractivity contribution in [3.63, 3.8) is 0 Å².